The number of ether oxygens (including phenoxy) is 6. The van der Waals surface area contributed by atoms with Gasteiger partial charge >= 0.3 is 5.97 Å². The van der Waals surface area contributed by atoms with E-state index in [1.165, 1.54) is 199 Å². The van der Waals surface area contributed by atoms with E-state index in [4.69, 9.17) is 28.4 Å². The molecule has 0 bridgehead atoms. The minimum absolute atomic E-state index is 0.205. The van der Waals surface area contributed by atoms with Crippen LogP contribution in [0.5, 0.6) is 0 Å². The molecule has 18 unspecified atom stereocenters. The van der Waals surface area contributed by atoms with Crippen molar-refractivity contribution >= 4 is 17.8 Å². The molecule has 3 aliphatic rings. The minimum atomic E-state index is -3.08. The van der Waals surface area contributed by atoms with Gasteiger partial charge in [-0.15, -0.1) is 0 Å². The van der Waals surface area contributed by atoms with Crippen LogP contribution in [-0.4, -0.2) is 215 Å². The summed E-state index contributed by atoms with van der Waals surface area (Å²) in [4.78, 5) is 38.6. The quantitative estimate of drug-likeness (QED) is 0.0201. The number of aliphatic hydroxyl groups is 11. The highest BCUT2D eigenvalue weighted by Gasteiger charge is 2.60. The van der Waals surface area contributed by atoms with Gasteiger partial charge in [0.05, 0.1) is 50.7 Å². The van der Waals surface area contributed by atoms with E-state index in [2.05, 4.69) is 24.5 Å². The Morgan fingerprint density at radius 3 is 1.40 bits per heavy atom. The molecule has 18 atom stereocenters. The van der Waals surface area contributed by atoms with Crippen molar-refractivity contribution < 1.29 is 104 Å². The fourth-order valence-corrected chi connectivity index (χ4v) is 13.2. The Morgan fingerprint density at radius 1 is 0.547 bits per heavy atom. The summed E-state index contributed by atoms with van der Waals surface area (Å²) in [5, 5.41) is 136. The lowest BCUT2D eigenvalue weighted by molar-refractivity contribution is -0.386. The Bertz CT molecular complexity index is 1960. The number of hydrogen-bond acceptors (Lipinski definition) is 20. The summed E-state index contributed by atoms with van der Waals surface area (Å²) in [5.74, 6) is -6.13. The maximum atomic E-state index is 13.5. The Hall–Kier alpha value is -2.53. The lowest BCUT2D eigenvalue weighted by atomic mass is 9.88. The lowest BCUT2D eigenvalue weighted by Crippen LogP contribution is -2.70. The van der Waals surface area contributed by atoms with Crippen LogP contribution in [0.15, 0.2) is 12.2 Å². The van der Waals surface area contributed by atoms with Gasteiger partial charge < -0.3 is 100 Å². The first-order chi connectivity index (χ1) is 45.9. The second-order valence-corrected chi connectivity index (χ2v) is 27.5. The minimum Gasteiger partial charge on any atom is -0.477 e. The second kappa shape index (κ2) is 52.5. The third-order valence-electron chi connectivity index (χ3n) is 19.2. The van der Waals surface area contributed by atoms with E-state index in [0.717, 1.165) is 51.9 Å². The predicted octanol–water partition coefficient (Wildman–Crippen LogP) is 8.24. The SMILES string of the molecule is CCCCCCCCCCCCCCCCCCC/C=C/C(O)C(COC1OC(CO)C(OC2OC(CO)C(O)C(OC3(C(=O)O)CC(O)C(NC(C)=O)C(C(O)C(O)CO)O3)C2O)C(O)C1O)NC(=O)CCCCCCCCCCCCCCCCCCCCCCCC. The number of carboxylic acid groups (broad SMARTS) is 1. The first-order valence-electron chi connectivity index (χ1n) is 37.6. The van der Waals surface area contributed by atoms with Gasteiger partial charge in [0.2, 0.25) is 11.8 Å². The van der Waals surface area contributed by atoms with Crippen LogP contribution in [0, 0.1) is 0 Å². The van der Waals surface area contributed by atoms with Crippen LogP contribution in [0.2, 0.25) is 0 Å². The predicted molar refractivity (Wildman–Crippen MR) is 362 cm³/mol. The van der Waals surface area contributed by atoms with Gasteiger partial charge in [0.1, 0.15) is 67.1 Å². The monoisotopic (exact) mass is 1360 g/mol. The number of allylic oxidation sites excluding steroid dienone is 1. The average molecular weight is 1360 g/mol. The molecule has 0 aromatic carbocycles. The zero-order chi connectivity index (χ0) is 69.6. The molecule has 0 aromatic heterocycles. The largest absolute Gasteiger partial charge is 0.477 e. The number of carbonyl (C=O) groups is 3. The molecule has 14 N–H and O–H groups in total. The third-order valence-corrected chi connectivity index (χ3v) is 19.2. The van der Waals surface area contributed by atoms with E-state index in [1.807, 2.05) is 6.08 Å². The Kier molecular flexibility index (Phi) is 47.9. The number of unbranched alkanes of at least 4 members (excludes halogenated alkanes) is 38. The molecule has 23 nitrogen and oxygen atoms in total. The fourth-order valence-electron chi connectivity index (χ4n) is 13.2. The molecule has 3 rings (SSSR count). The summed E-state index contributed by atoms with van der Waals surface area (Å²) < 4.78 is 34.9. The number of amides is 2. The summed E-state index contributed by atoms with van der Waals surface area (Å²) in [6, 6.07) is -2.61. The van der Waals surface area contributed by atoms with Crippen molar-refractivity contribution in [3.8, 4) is 0 Å². The van der Waals surface area contributed by atoms with Gasteiger partial charge in [-0.3, -0.25) is 9.59 Å². The van der Waals surface area contributed by atoms with Crippen molar-refractivity contribution in [2.45, 2.75) is 400 Å². The smallest absolute Gasteiger partial charge is 0.364 e. The van der Waals surface area contributed by atoms with E-state index >= 15 is 0 Å². The molecular weight excluding hydrogens is 1230 g/mol. The van der Waals surface area contributed by atoms with Gasteiger partial charge in [-0.1, -0.05) is 264 Å². The fraction of sp³-hybridized carbons (Fsp3) is 0.931. The van der Waals surface area contributed by atoms with Crippen LogP contribution in [0.3, 0.4) is 0 Å². The number of carbonyl (C=O) groups excluding carboxylic acids is 2. The van der Waals surface area contributed by atoms with E-state index < -0.39 is 155 Å². The van der Waals surface area contributed by atoms with E-state index in [1.54, 1.807) is 6.08 Å². The van der Waals surface area contributed by atoms with E-state index in [9.17, 15) is 75.7 Å². The summed E-state index contributed by atoms with van der Waals surface area (Å²) in [5.41, 5.74) is 0. The van der Waals surface area contributed by atoms with Crippen molar-refractivity contribution in [1.29, 1.82) is 0 Å². The second-order valence-electron chi connectivity index (χ2n) is 27.5. The first-order valence-corrected chi connectivity index (χ1v) is 37.6. The normalized spacial score (nSPS) is 27.7. The van der Waals surface area contributed by atoms with Gasteiger partial charge in [0.25, 0.3) is 5.79 Å². The number of rotatable bonds is 58. The molecule has 558 valence electrons. The van der Waals surface area contributed by atoms with Crippen molar-refractivity contribution in [2.75, 3.05) is 26.4 Å². The Labute approximate surface area is 569 Å². The van der Waals surface area contributed by atoms with Gasteiger partial charge in [-0.2, -0.15) is 0 Å². The van der Waals surface area contributed by atoms with Crippen molar-refractivity contribution in [3.63, 3.8) is 0 Å². The third kappa shape index (κ3) is 34.1. The van der Waals surface area contributed by atoms with Gasteiger partial charge in [-0.05, 0) is 19.3 Å². The number of aliphatic carboxylic acids is 1. The van der Waals surface area contributed by atoms with Gasteiger partial charge in [-0.25, -0.2) is 4.79 Å². The molecular formula is C72H134N2O21. The molecule has 0 aromatic rings. The Balaban J connectivity index is 1.56. The topological polar surface area (TPSA) is 373 Å². The van der Waals surface area contributed by atoms with Crippen LogP contribution in [0.25, 0.3) is 0 Å². The van der Waals surface area contributed by atoms with Crippen molar-refractivity contribution in [1.82, 2.24) is 10.6 Å². The van der Waals surface area contributed by atoms with Gasteiger partial charge in [0, 0.05) is 19.8 Å². The van der Waals surface area contributed by atoms with Crippen molar-refractivity contribution in [3.05, 3.63) is 12.2 Å². The summed E-state index contributed by atoms with van der Waals surface area (Å²) in [7, 11) is 0. The number of aliphatic hydroxyl groups excluding tert-OH is 11. The molecule has 3 fully saturated rings. The number of hydrogen-bond donors (Lipinski definition) is 14. The molecule has 0 spiro atoms. The first kappa shape index (κ1) is 86.7. The molecule has 0 radical (unpaired) electrons. The van der Waals surface area contributed by atoms with E-state index in [-0.39, 0.29) is 12.3 Å². The highest BCUT2D eigenvalue weighted by atomic mass is 16.8. The van der Waals surface area contributed by atoms with Crippen LogP contribution < -0.4 is 10.6 Å². The lowest BCUT2D eigenvalue weighted by Gasteiger charge is -2.50. The maximum absolute atomic E-state index is 13.5. The van der Waals surface area contributed by atoms with Crippen molar-refractivity contribution in [2.24, 2.45) is 0 Å². The molecule has 3 aliphatic heterocycles. The highest BCUT2D eigenvalue weighted by Crippen LogP contribution is 2.39. The molecule has 2 amide bonds. The molecule has 0 saturated carbocycles. The van der Waals surface area contributed by atoms with Gasteiger partial charge in [0.15, 0.2) is 12.6 Å². The zero-order valence-electron chi connectivity index (χ0n) is 58.5. The zero-order valence-corrected chi connectivity index (χ0v) is 58.5. The summed E-state index contributed by atoms with van der Waals surface area (Å²) in [6.07, 6.45) is 23.9. The number of carboxylic acids is 1. The Morgan fingerprint density at radius 2 is 0.979 bits per heavy atom. The maximum Gasteiger partial charge on any atom is 0.364 e. The van der Waals surface area contributed by atoms with Crippen LogP contribution in [0.1, 0.15) is 290 Å². The molecule has 23 heteroatoms. The molecule has 3 heterocycles. The molecule has 0 aliphatic carbocycles. The van der Waals surface area contributed by atoms with E-state index in [0.29, 0.717) is 12.8 Å². The summed E-state index contributed by atoms with van der Waals surface area (Å²) >= 11 is 0. The van der Waals surface area contributed by atoms with Crippen LogP contribution in [-0.2, 0) is 42.8 Å². The standard InChI is InChI=1S/C72H134N2O21/c1-4-6-8-10-12-14-16-18-20-22-24-25-26-28-30-32-34-36-38-40-42-44-46-59(82)74-53(54(79)45-43-41-39-37-35-33-31-29-27-23-21-19-17-15-13-11-9-7-5-2)51-90-69-64(86)63(85)66(58(50-77)92-69)93-70-65(87)68(62(84)57(49-76)91-70)95-72(71(88)89)47-55(80)60(73-52(3)78)67(94-72)61(83)56(81)48-75/h43,45,53-58,60-70,75-77,79-81,83-87H,4-42,44,46-51H2,1-3H3,(H,73,78)(H,74,82)(H,88,89)/b45-43+. The van der Waals surface area contributed by atoms with Crippen LogP contribution in [0.4, 0.5) is 0 Å². The average Bonchev–Trinajstić information content (AvgIpc) is 0.757. The van der Waals surface area contributed by atoms with Crippen LogP contribution >= 0.6 is 0 Å². The highest BCUT2D eigenvalue weighted by molar-refractivity contribution is 5.77. The summed E-state index contributed by atoms with van der Waals surface area (Å²) in [6.45, 7) is 2.18. The number of nitrogens with one attached hydrogen (secondary N) is 2. The molecule has 95 heavy (non-hydrogen) atoms. The molecule has 3 saturated heterocycles.